The molecule has 0 aliphatic rings. The molecule has 2 rings (SSSR count). The minimum absolute atomic E-state index is 0.202. The van der Waals surface area contributed by atoms with Crippen molar-refractivity contribution in [3.63, 3.8) is 0 Å². The van der Waals surface area contributed by atoms with Gasteiger partial charge in [-0.05, 0) is 48.6 Å². The monoisotopic (exact) mass is 243 g/mol. The molecule has 0 fully saturated rings. The van der Waals surface area contributed by atoms with Crippen molar-refractivity contribution < 1.29 is 4.39 Å². The molecule has 2 N–H and O–H groups in total. The summed E-state index contributed by atoms with van der Waals surface area (Å²) in [5, 5.41) is 0. The summed E-state index contributed by atoms with van der Waals surface area (Å²) in [6.45, 7) is 2.02. The van der Waals surface area contributed by atoms with Gasteiger partial charge in [0.25, 0.3) is 0 Å². The van der Waals surface area contributed by atoms with E-state index in [1.165, 1.54) is 17.7 Å². The molecule has 0 aliphatic heterocycles. The Bertz CT molecular complexity index is 486. The number of nitrogens with two attached hydrogens (primary N) is 1. The van der Waals surface area contributed by atoms with Crippen LogP contribution in [0.1, 0.15) is 18.9 Å². The first kappa shape index (κ1) is 12.8. The molecule has 0 bridgehead atoms. The maximum atomic E-state index is 12.8. The number of aryl methyl sites for hydroxylation is 1. The fourth-order valence-corrected chi connectivity index (χ4v) is 1.90. The van der Waals surface area contributed by atoms with E-state index in [2.05, 4.69) is 24.3 Å². The van der Waals surface area contributed by atoms with Crippen LogP contribution in [0.4, 0.5) is 4.39 Å². The highest BCUT2D eigenvalue weighted by Gasteiger charge is 2.00. The van der Waals surface area contributed by atoms with Gasteiger partial charge in [0.05, 0.1) is 0 Å². The number of rotatable bonds is 4. The fraction of sp³-hybridized carbons (Fsp3) is 0.250. The number of benzene rings is 2. The molecule has 0 saturated heterocycles. The molecule has 0 heterocycles. The Morgan fingerprint density at radius 2 is 1.44 bits per heavy atom. The number of hydrogen-bond donors (Lipinski definition) is 1. The maximum absolute atomic E-state index is 12.8. The molecule has 2 heteroatoms. The quantitative estimate of drug-likeness (QED) is 0.869. The van der Waals surface area contributed by atoms with Crippen LogP contribution in [0, 0.1) is 5.82 Å². The van der Waals surface area contributed by atoms with E-state index in [-0.39, 0.29) is 11.9 Å². The van der Waals surface area contributed by atoms with Crippen LogP contribution >= 0.6 is 0 Å². The summed E-state index contributed by atoms with van der Waals surface area (Å²) in [5.41, 5.74) is 9.18. The average Bonchev–Trinajstić information content (AvgIpc) is 2.38. The zero-order valence-electron chi connectivity index (χ0n) is 10.6. The molecule has 0 aromatic heterocycles. The summed E-state index contributed by atoms with van der Waals surface area (Å²) in [4.78, 5) is 0. The first-order valence-electron chi connectivity index (χ1n) is 6.25. The van der Waals surface area contributed by atoms with Crippen LogP contribution in [-0.2, 0) is 6.42 Å². The molecule has 0 spiro atoms. The molecule has 2 aromatic rings. The molecule has 1 nitrogen and oxygen atoms in total. The smallest absolute Gasteiger partial charge is 0.123 e. The predicted octanol–water partition coefficient (Wildman–Crippen LogP) is 3.77. The van der Waals surface area contributed by atoms with E-state index in [0.717, 1.165) is 24.0 Å². The standard InChI is InChI=1S/C16H18FN/c1-12(18)2-3-13-4-6-14(7-5-13)15-8-10-16(17)11-9-15/h4-12H,2-3,18H2,1H3. The van der Waals surface area contributed by atoms with Gasteiger partial charge in [0.2, 0.25) is 0 Å². The fourth-order valence-electron chi connectivity index (χ4n) is 1.90. The highest BCUT2D eigenvalue weighted by atomic mass is 19.1. The SMILES string of the molecule is CC(N)CCc1ccc(-c2ccc(F)cc2)cc1. The van der Waals surface area contributed by atoms with Crippen LogP contribution in [0.2, 0.25) is 0 Å². The molecular formula is C16H18FN. The van der Waals surface area contributed by atoms with E-state index >= 15 is 0 Å². The third-order valence-corrected chi connectivity index (χ3v) is 3.02. The Labute approximate surface area is 107 Å². The summed E-state index contributed by atoms with van der Waals surface area (Å²) in [6.07, 6.45) is 2.00. The molecule has 94 valence electrons. The van der Waals surface area contributed by atoms with Crippen molar-refractivity contribution in [3.05, 3.63) is 59.9 Å². The highest BCUT2D eigenvalue weighted by molar-refractivity contribution is 5.63. The lowest BCUT2D eigenvalue weighted by Crippen LogP contribution is -2.15. The van der Waals surface area contributed by atoms with E-state index in [1.54, 1.807) is 12.1 Å². The third kappa shape index (κ3) is 3.41. The van der Waals surface area contributed by atoms with Gasteiger partial charge in [-0.3, -0.25) is 0 Å². The normalized spacial score (nSPS) is 12.4. The highest BCUT2D eigenvalue weighted by Crippen LogP contribution is 2.20. The Hall–Kier alpha value is -1.67. The second kappa shape index (κ2) is 5.78. The Morgan fingerprint density at radius 3 is 1.94 bits per heavy atom. The predicted molar refractivity (Wildman–Crippen MR) is 73.8 cm³/mol. The lowest BCUT2D eigenvalue weighted by atomic mass is 10.0. The van der Waals surface area contributed by atoms with Gasteiger partial charge in [-0.25, -0.2) is 4.39 Å². The first-order chi connectivity index (χ1) is 8.65. The van der Waals surface area contributed by atoms with Crippen LogP contribution in [0.15, 0.2) is 48.5 Å². The van der Waals surface area contributed by atoms with Gasteiger partial charge in [-0.2, -0.15) is 0 Å². The van der Waals surface area contributed by atoms with Gasteiger partial charge in [0.15, 0.2) is 0 Å². The van der Waals surface area contributed by atoms with Gasteiger partial charge in [0.1, 0.15) is 5.82 Å². The molecule has 1 unspecified atom stereocenters. The number of halogens is 1. The zero-order valence-corrected chi connectivity index (χ0v) is 10.6. The molecule has 0 amide bonds. The molecule has 0 saturated carbocycles. The molecule has 0 radical (unpaired) electrons. The summed E-state index contributed by atoms with van der Waals surface area (Å²) in [5.74, 6) is -0.202. The van der Waals surface area contributed by atoms with E-state index in [1.807, 2.05) is 6.92 Å². The van der Waals surface area contributed by atoms with Gasteiger partial charge in [0, 0.05) is 6.04 Å². The van der Waals surface area contributed by atoms with E-state index < -0.39 is 0 Å². The van der Waals surface area contributed by atoms with Crippen LogP contribution < -0.4 is 5.73 Å². The Morgan fingerprint density at radius 1 is 0.944 bits per heavy atom. The molecule has 2 aromatic carbocycles. The second-order valence-corrected chi connectivity index (χ2v) is 4.72. The van der Waals surface area contributed by atoms with E-state index in [4.69, 9.17) is 5.73 Å². The van der Waals surface area contributed by atoms with Crippen LogP contribution in [0.5, 0.6) is 0 Å². The van der Waals surface area contributed by atoms with Crippen molar-refractivity contribution in [2.45, 2.75) is 25.8 Å². The number of hydrogen-bond acceptors (Lipinski definition) is 1. The topological polar surface area (TPSA) is 26.0 Å². The van der Waals surface area contributed by atoms with Crippen molar-refractivity contribution in [1.29, 1.82) is 0 Å². The van der Waals surface area contributed by atoms with E-state index in [0.29, 0.717) is 0 Å². The van der Waals surface area contributed by atoms with Crippen LogP contribution in [-0.4, -0.2) is 6.04 Å². The second-order valence-electron chi connectivity index (χ2n) is 4.72. The largest absolute Gasteiger partial charge is 0.328 e. The van der Waals surface area contributed by atoms with Gasteiger partial charge < -0.3 is 5.73 Å². The van der Waals surface area contributed by atoms with Crippen molar-refractivity contribution in [2.75, 3.05) is 0 Å². The molecule has 18 heavy (non-hydrogen) atoms. The summed E-state index contributed by atoms with van der Waals surface area (Å²) in [6, 6.07) is 15.2. The molecule has 0 aliphatic carbocycles. The Balaban J connectivity index is 2.09. The van der Waals surface area contributed by atoms with Crippen LogP contribution in [0.25, 0.3) is 11.1 Å². The van der Waals surface area contributed by atoms with Crippen molar-refractivity contribution in [2.24, 2.45) is 5.73 Å². The Kier molecular flexibility index (Phi) is 4.11. The van der Waals surface area contributed by atoms with Crippen molar-refractivity contribution in [3.8, 4) is 11.1 Å². The molecular weight excluding hydrogens is 225 g/mol. The summed E-state index contributed by atoms with van der Waals surface area (Å²) >= 11 is 0. The van der Waals surface area contributed by atoms with Gasteiger partial charge >= 0.3 is 0 Å². The molecule has 1 atom stereocenters. The minimum atomic E-state index is -0.202. The average molecular weight is 243 g/mol. The zero-order chi connectivity index (χ0) is 13.0. The van der Waals surface area contributed by atoms with Crippen LogP contribution in [0.3, 0.4) is 0 Å². The minimum Gasteiger partial charge on any atom is -0.328 e. The third-order valence-electron chi connectivity index (χ3n) is 3.02. The van der Waals surface area contributed by atoms with Gasteiger partial charge in [-0.1, -0.05) is 36.4 Å². The van der Waals surface area contributed by atoms with E-state index in [9.17, 15) is 4.39 Å². The lowest BCUT2D eigenvalue weighted by Gasteiger charge is -2.06. The van der Waals surface area contributed by atoms with Crippen molar-refractivity contribution >= 4 is 0 Å². The lowest BCUT2D eigenvalue weighted by molar-refractivity contribution is 0.628. The van der Waals surface area contributed by atoms with Gasteiger partial charge in [-0.15, -0.1) is 0 Å². The first-order valence-corrected chi connectivity index (χ1v) is 6.25. The maximum Gasteiger partial charge on any atom is 0.123 e. The van der Waals surface area contributed by atoms with Crippen molar-refractivity contribution in [1.82, 2.24) is 0 Å². The summed E-state index contributed by atoms with van der Waals surface area (Å²) in [7, 11) is 0. The summed E-state index contributed by atoms with van der Waals surface area (Å²) < 4.78 is 12.8.